The molecular formula is C42H44N12O5S4. The minimum Gasteiger partial charge on any atom is -0.494 e. The Kier molecular flexibility index (Phi) is 12.3. The van der Waals surface area contributed by atoms with Gasteiger partial charge in [0.05, 0.1) is 51.7 Å². The number of hydrogen-bond acceptors (Lipinski definition) is 19. The molecule has 2 aromatic carbocycles. The number of carboxylic acid groups (broad SMARTS) is 1. The molecule has 2 aliphatic rings. The van der Waals surface area contributed by atoms with Crippen LogP contribution in [0.1, 0.15) is 40.1 Å². The molecule has 2 aliphatic carbocycles. The first-order valence-corrected chi connectivity index (χ1v) is 23.5. The van der Waals surface area contributed by atoms with Gasteiger partial charge in [-0.15, -0.1) is 32.9 Å². The minimum absolute atomic E-state index is 0.0191. The second-order valence-electron chi connectivity index (χ2n) is 15.8. The summed E-state index contributed by atoms with van der Waals surface area (Å²) in [5.74, 6) is 2.00. The van der Waals surface area contributed by atoms with Gasteiger partial charge in [-0.25, -0.2) is 19.9 Å². The van der Waals surface area contributed by atoms with Crippen molar-refractivity contribution < 1.29 is 24.2 Å². The first kappa shape index (κ1) is 42.6. The van der Waals surface area contributed by atoms with Crippen molar-refractivity contribution in [1.29, 1.82) is 0 Å². The first-order chi connectivity index (χ1) is 30.6. The van der Waals surface area contributed by atoms with Gasteiger partial charge in [0.1, 0.15) is 56.5 Å². The van der Waals surface area contributed by atoms with Gasteiger partial charge in [-0.2, -0.15) is 0 Å². The molecule has 0 aliphatic heterocycles. The quantitative estimate of drug-likeness (QED) is 0.108. The van der Waals surface area contributed by atoms with E-state index in [1.165, 1.54) is 39.8 Å². The number of fused-ring (bicyclic) bond motifs is 8. The molecule has 326 valence electrons. The molecule has 3 N–H and O–H groups in total. The summed E-state index contributed by atoms with van der Waals surface area (Å²) in [7, 11) is 9.30. The van der Waals surface area contributed by atoms with Crippen molar-refractivity contribution in [3.8, 4) is 11.5 Å². The van der Waals surface area contributed by atoms with Crippen LogP contribution >= 0.6 is 45.7 Å². The molecule has 0 bridgehead atoms. The maximum absolute atomic E-state index is 13.1. The molecule has 2 atom stereocenters. The summed E-state index contributed by atoms with van der Waals surface area (Å²) in [6.45, 7) is 1.77. The SMILES string of the molecule is COc1cc2nnsc2cc1Nc1ncnc2sc3c(c12)CC[C@H](C(=O)N(C)CCCN(C)C)C3.COc1cc2nnsc2cc1Nc1ncnc2sc3c(c12)CC[C@H](C(=O)O)C3. The molecule has 1 amide bonds. The van der Waals surface area contributed by atoms with Crippen LogP contribution in [0.3, 0.4) is 0 Å². The van der Waals surface area contributed by atoms with Crippen LogP contribution in [-0.2, 0) is 35.3 Å². The van der Waals surface area contributed by atoms with E-state index in [-0.39, 0.29) is 17.7 Å². The van der Waals surface area contributed by atoms with E-state index in [1.807, 2.05) is 36.2 Å². The third-order valence-corrected chi connectivity index (χ3v) is 15.2. The number of aromatic nitrogens is 8. The molecular weight excluding hydrogens is 881 g/mol. The van der Waals surface area contributed by atoms with Gasteiger partial charge in [0.2, 0.25) is 5.91 Å². The Bertz CT molecular complexity index is 2980. The molecule has 6 heterocycles. The molecule has 0 saturated heterocycles. The number of carboxylic acids is 1. The van der Waals surface area contributed by atoms with E-state index in [0.29, 0.717) is 36.6 Å². The molecule has 63 heavy (non-hydrogen) atoms. The number of rotatable bonds is 12. The number of anilines is 4. The number of thiophene rings is 2. The van der Waals surface area contributed by atoms with Crippen molar-refractivity contribution in [2.45, 2.75) is 44.9 Å². The number of hydrogen-bond donors (Lipinski definition) is 3. The highest BCUT2D eigenvalue weighted by molar-refractivity contribution is 7.19. The maximum atomic E-state index is 13.1. The Morgan fingerprint density at radius 2 is 1.24 bits per heavy atom. The fraction of sp³-hybridized carbons (Fsp3) is 0.381. The lowest BCUT2D eigenvalue weighted by Crippen LogP contribution is -2.36. The molecule has 0 fully saturated rings. The molecule has 8 aromatic rings. The van der Waals surface area contributed by atoms with Gasteiger partial charge in [-0.05, 0) is 112 Å². The zero-order chi connectivity index (χ0) is 43.8. The van der Waals surface area contributed by atoms with E-state index in [4.69, 9.17) is 9.47 Å². The van der Waals surface area contributed by atoms with Crippen LogP contribution in [0.15, 0.2) is 36.9 Å². The van der Waals surface area contributed by atoms with E-state index in [1.54, 1.807) is 43.2 Å². The van der Waals surface area contributed by atoms with Crippen LogP contribution in [0.5, 0.6) is 11.5 Å². The number of nitrogens with one attached hydrogen (secondary N) is 2. The van der Waals surface area contributed by atoms with Crippen LogP contribution in [0, 0.1) is 11.8 Å². The smallest absolute Gasteiger partial charge is 0.306 e. The summed E-state index contributed by atoms with van der Waals surface area (Å²) in [4.78, 5) is 50.7. The monoisotopic (exact) mass is 924 g/mol. The Labute approximate surface area is 377 Å². The normalized spacial score (nSPS) is 15.8. The van der Waals surface area contributed by atoms with Crippen LogP contribution in [-0.4, -0.2) is 114 Å². The van der Waals surface area contributed by atoms with Gasteiger partial charge in [0, 0.05) is 41.4 Å². The van der Waals surface area contributed by atoms with Crippen LogP contribution in [0.2, 0.25) is 0 Å². The van der Waals surface area contributed by atoms with Gasteiger partial charge < -0.3 is 35.0 Å². The lowest BCUT2D eigenvalue weighted by atomic mass is 9.87. The van der Waals surface area contributed by atoms with E-state index in [2.05, 4.69) is 68.7 Å². The number of carbonyl (C=O) groups is 2. The largest absolute Gasteiger partial charge is 0.494 e. The fourth-order valence-electron chi connectivity index (χ4n) is 8.28. The Morgan fingerprint density at radius 3 is 1.73 bits per heavy atom. The van der Waals surface area contributed by atoms with E-state index in [0.717, 1.165) is 107 Å². The standard InChI is InChI=1S/C24H29N7O2S2.C18H15N5O3S2/c1-30(2)8-5-9-31(3)24(32)14-6-7-15-19(10-14)34-23-21(15)22(25-13-26-23)27-16-12-20-17(28-29-35-20)11-18(16)33-4;1-26-12-5-11-14(28-23-22-11)6-10(12)21-16-15-9-3-2-8(18(24)25)4-13(9)27-17(15)20-7-19-16/h11-14H,5-10H2,1-4H3,(H,25,26,27);5-8H,2-4H2,1H3,(H,24,25)(H,19,20,21)/t14-;8-/m00/s1. The Morgan fingerprint density at radius 1 is 0.730 bits per heavy atom. The molecule has 0 spiro atoms. The summed E-state index contributed by atoms with van der Waals surface area (Å²) in [6, 6.07) is 7.67. The van der Waals surface area contributed by atoms with E-state index < -0.39 is 5.97 Å². The first-order valence-electron chi connectivity index (χ1n) is 20.4. The number of carbonyl (C=O) groups excluding carboxylic acids is 1. The van der Waals surface area contributed by atoms with E-state index in [9.17, 15) is 14.7 Å². The summed E-state index contributed by atoms with van der Waals surface area (Å²) >= 11 is 5.90. The number of benzene rings is 2. The van der Waals surface area contributed by atoms with Crippen molar-refractivity contribution in [3.63, 3.8) is 0 Å². The molecule has 21 heteroatoms. The second-order valence-corrected chi connectivity index (χ2v) is 19.5. The predicted molar refractivity (Wildman–Crippen MR) is 249 cm³/mol. The molecule has 0 unspecified atom stereocenters. The summed E-state index contributed by atoms with van der Waals surface area (Å²) < 4.78 is 21.0. The zero-order valence-electron chi connectivity index (χ0n) is 35.2. The molecule has 0 saturated carbocycles. The number of aliphatic carboxylic acids is 1. The molecule has 17 nitrogen and oxygen atoms in total. The lowest BCUT2D eigenvalue weighted by Gasteiger charge is -2.27. The summed E-state index contributed by atoms with van der Waals surface area (Å²) in [5.41, 5.74) is 5.59. The van der Waals surface area contributed by atoms with Gasteiger partial charge >= 0.3 is 5.97 Å². The van der Waals surface area contributed by atoms with Crippen LogP contribution in [0.25, 0.3) is 40.9 Å². The van der Waals surface area contributed by atoms with Crippen LogP contribution in [0.4, 0.5) is 23.0 Å². The number of aryl methyl sites for hydroxylation is 2. The highest BCUT2D eigenvalue weighted by atomic mass is 32.1. The number of amides is 1. The lowest BCUT2D eigenvalue weighted by molar-refractivity contribution is -0.142. The molecule has 0 radical (unpaired) electrons. The highest BCUT2D eigenvalue weighted by Crippen LogP contribution is 2.44. The predicted octanol–water partition coefficient (Wildman–Crippen LogP) is 7.60. The van der Waals surface area contributed by atoms with Crippen molar-refractivity contribution in [1.82, 2.24) is 48.9 Å². The fourth-order valence-corrected chi connectivity index (χ4v) is 12.0. The number of methoxy groups -OCH3 is 2. The van der Waals surface area contributed by atoms with Gasteiger partial charge in [0.15, 0.2) is 0 Å². The van der Waals surface area contributed by atoms with E-state index >= 15 is 0 Å². The van der Waals surface area contributed by atoms with Gasteiger partial charge in [-0.3, -0.25) is 9.59 Å². The van der Waals surface area contributed by atoms with Crippen molar-refractivity contribution >= 4 is 121 Å². The highest BCUT2D eigenvalue weighted by Gasteiger charge is 2.32. The Hall–Kier alpha value is -5.74. The Balaban J connectivity index is 0.000000164. The number of nitrogens with zero attached hydrogens (tertiary/aromatic N) is 10. The third-order valence-electron chi connectivity index (χ3n) is 11.5. The summed E-state index contributed by atoms with van der Waals surface area (Å²) in [5, 5.41) is 26.4. The number of ether oxygens (including phenoxy) is 2. The molecule has 6 aromatic heterocycles. The van der Waals surface area contributed by atoms with Crippen molar-refractivity contribution in [2.75, 3.05) is 59.1 Å². The minimum atomic E-state index is -0.733. The van der Waals surface area contributed by atoms with Crippen LogP contribution < -0.4 is 20.1 Å². The van der Waals surface area contributed by atoms with Gasteiger partial charge in [0.25, 0.3) is 0 Å². The second kappa shape index (κ2) is 18.2. The zero-order valence-corrected chi connectivity index (χ0v) is 38.4. The topological polar surface area (TPSA) is 206 Å². The molecule has 10 rings (SSSR count). The third kappa shape index (κ3) is 8.66. The van der Waals surface area contributed by atoms with Crippen molar-refractivity contribution in [2.24, 2.45) is 11.8 Å². The average Bonchev–Trinajstić information content (AvgIpc) is 4.10. The maximum Gasteiger partial charge on any atom is 0.306 e. The van der Waals surface area contributed by atoms with Crippen molar-refractivity contribution in [3.05, 3.63) is 57.8 Å². The van der Waals surface area contributed by atoms with Gasteiger partial charge in [-0.1, -0.05) is 8.98 Å². The summed E-state index contributed by atoms with van der Waals surface area (Å²) in [6.07, 6.45) is 8.43. The average molecular weight is 925 g/mol.